The second-order valence-corrected chi connectivity index (χ2v) is 5.49. The Hall–Kier alpha value is -1.52. The van der Waals surface area contributed by atoms with Gasteiger partial charge in [-0.2, -0.15) is 0 Å². The van der Waals surface area contributed by atoms with Crippen LogP contribution in [0.25, 0.3) is 0 Å². The highest BCUT2D eigenvalue weighted by Crippen LogP contribution is 2.36. The molecule has 0 saturated carbocycles. The standard InChI is InChI=1S/C17H20BrNO2/c1-4-21-16-10-9-12(18)11-14(16)17(19-2)13-7-5-6-8-15(13)20-3/h5-11,17,19H,4H2,1-3H3. The van der Waals surface area contributed by atoms with Crippen molar-refractivity contribution in [2.24, 2.45) is 0 Å². The largest absolute Gasteiger partial charge is 0.496 e. The molecule has 2 aromatic carbocycles. The smallest absolute Gasteiger partial charge is 0.124 e. The van der Waals surface area contributed by atoms with Crippen molar-refractivity contribution in [3.63, 3.8) is 0 Å². The lowest BCUT2D eigenvalue weighted by Gasteiger charge is -2.22. The molecule has 2 aromatic rings. The number of hydrogen-bond donors (Lipinski definition) is 1. The summed E-state index contributed by atoms with van der Waals surface area (Å²) in [6, 6.07) is 14.1. The summed E-state index contributed by atoms with van der Waals surface area (Å²) in [5.74, 6) is 1.74. The molecule has 4 heteroatoms. The number of ether oxygens (including phenoxy) is 2. The summed E-state index contributed by atoms with van der Waals surface area (Å²) in [5.41, 5.74) is 2.17. The van der Waals surface area contributed by atoms with E-state index in [0.29, 0.717) is 6.61 Å². The van der Waals surface area contributed by atoms with Gasteiger partial charge in [-0.25, -0.2) is 0 Å². The van der Waals surface area contributed by atoms with Gasteiger partial charge in [-0.15, -0.1) is 0 Å². The second kappa shape index (κ2) is 7.48. The number of halogens is 1. The van der Waals surface area contributed by atoms with E-state index >= 15 is 0 Å². The lowest BCUT2D eigenvalue weighted by Crippen LogP contribution is -2.19. The van der Waals surface area contributed by atoms with Gasteiger partial charge in [0.1, 0.15) is 11.5 Å². The lowest BCUT2D eigenvalue weighted by molar-refractivity contribution is 0.333. The quantitative estimate of drug-likeness (QED) is 0.848. The molecule has 0 spiro atoms. The van der Waals surface area contributed by atoms with Gasteiger partial charge in [-0.05, 0) is 38.2 Å². The van der Waals surface area contributed by atoms with E-state index in [-0.39, 0.29) is 6.04 Å². The Labute approximate surface area is 134 Å². The zero-order chi connectivity index (χ0) is 15.2. The van der Waals surface area contributed by atoms with Crippen molar-refractivity contribution in [2.45, 2.75) is 13.0 Å². The predicted molar refractivity (Wildman–Crippen MR) is 89.2 cm³/mol. The third kappa shape index (κ3) is 3.57. The van der Waals surface area contributed by atoms with Crippen LogP contribution in [0.4, 0.5) is 0 Å². The van der Waals surface area contributed by atoms with E-state index in [1.54, 1.807) is 7.11 Å². The van der Waals surface area contributed by atoms with E-state index in [1.807, 2.05) is 44.3 Å². The fourth-order valence-electron chi connectivity index (χ4n) is 2.42. The second-order valence-electron chi connectivity index (χ2n) is 4.58. The molecule has 0 aromatic heterocycles. The Kier molecular flexibility index (Phi) is 5.65. The molecule has 0 heterocycles. The highest BCUT2D eigenvalue weighted by molar-refractivity contribution is 9.10. The molecular formula is C17H20BrNO2. The summed E-state index contributed by atoms with van der Waals surface area (Å²) in [7, 11) is 3.63. The molecule has 2 rings (SSSR count). The number of para-hydroxylation sites is 1. The first-order valence-electron chi connectivity index (χ1n) is 6.93. The van der Waals surface area contributed by atoms with Crippen molar-refractivity contribution in [3.05, 3.63) is 58.1 Å². The fraction of sp³-hybridized carbons (Fsp3) is 0.294. The van der Waals surface area contributed by atoms with Gasteiger partial charge < -0.3 is 14.8 Å². The van der Waals surface area contributed by atoms with Crippen LogP contribution in [0.15, 0.2) is 46.9 Å². The summed E-state index contributed by atoms with van der Waals surface area (Å²) in [5, 5.41) is 3.35. The van der Waals surface area contributed by atoms with Gasteiger partial charge in [-0.3, -0.25) is 0 Å². The summed E-state index contributed by atoms with van der Waals surface area (Å²) in [6.07, 6.45) is 0. The summed E-state index contributed by atoms with van der Waals surface area (Å²) < 4.78 is 12.3. The normalized spacial score (nSPS) is 12.0. The highest BCUT2D eigenvalue weighted by Gasteiger charge is 2.20. The minimum Gasteiger partial charge on any atom is -0.496 e. The molecule has 1 atom stereocenters. The molecule has 0 saturated heterocycles. The first kappa shape index (κ1) is 15.9. The van der Waals surface area contributed by atoms with Gasteiger partial charge >= 0.3 is 0 Å². The van der Waals surface area contributed by atoms with Crippen LogP contribution >= 0.6 is 15.9 Å². The molecule has 0 bridgehead atoms. The third-order valence-corrected chi connectivity index (χ3v) is 3.81. The van der Waals surface area contributed by atoms with Gasteiger partial charge in [-0.1, -0.05) is 34.1 Å². The van der Waals surface area contributed by atoms with E-state index in [1.165, 1.54) is 0 Å². The monoisotopic (exact) mass is 349 g/mol. The lowest BCUT2D eigenvalue weighted by atomic mass is 9.97. The molecule has 1 N–H and O–H groups in total. The Bertz CT molecular complexity index is 601. The van der Waals surface area contributed by atoms with Crippen LogP contribution in [0.5, 0.6) is 11.5 Å². The van der Waals surface area contributed by atoms with Gasteiger partial charge in [0.2, 0.25) is 0 Å². The number of rotatable bonds is 6. The molecule has 0 radical (unpaired) electrons. The van der Waals surface area contributed by atoms with Crippen molar-refractivity contribution < 1.29 is 9.47 Å². The molecule has 0 aliphatic heterocycles. The Morgan fingerprint density at radius 2 is 1.86 bits per heavy atom. The summed E-state index contributed by atoms with van der Waals surface area (Å²) >= 11 is 3.54. The molecule has 3 nitrogen and oxygen atoms in total. The maximum absolute atomic E-state index is 5.77. The van der Waals surface area contributed by atoms with Gasteiger partial charge in [0.05, 0.1) is 19.8 Å². The first-order valence-corrected chi connectivity index (χ1v) is 7.73. The van der Waals surface area contributed by atoms with Crippen LogP contribution in [0.1, 0.15) is 24.1 Å². The maximum Gasteiger partial charge on any atom is 0.124 e. The molecule has 0 fully saturated rings. The van der Waals surface area contributed by atoms with Crippen LogP contribution < -0.4 is 14.8 Å². The third-order valence-electron chi connectivity index (χ3n) is 3.32. The minimum atomic E-state index is 0.000185. The number of hydrogen-bond acceptors (Lipinski definition) is 3. The molecular weight excluding hydrogens is 330 g/mol. The average molecular weight is 350 g/mol. The first-order chi connectivity index (χ1) is 10.2. The topological polar surface area (TPSA) is 30.5 Å². The van der Waals surface area contributed by atoms with Gasteiger partial charge in [0, 0.05) is 15.6 Å². The average Bonchev–Trinajstić information content (AvgIpc) is 2.51. The van der Waals surface area contributed by atoms with E-state index in [0.717, 1.165) is 27.1 Å². The zero-order valence-electron chi connectivity index (χ0n) is 12.5. The van der Waals surface area contributed by atoms with Gasteiger partial charge in [0.25, 0.3) is 0 Å². The van der Waals surface area contributed by atoms with E-state index < -0.39 is 0 Å². The number of benzene rings is 2. The zero-order valence-corrected chi connectivity index (χ0v) is 14.1. The Balaban J connectivity index is 2.53. The van der Waals surface area contributed by atoms with Crippen LogP contribution in [0.2, 0.25) is 0 Å². The van der Waals surface area contributed by atoms with E-state index in [9.17, 15) is 0 Å². The molecule has 21 heavy (non-hydrogen) atoms. The molecule has 0 aliphatic carbocycles. The predicted octanol–water partition coefficient (Wildman–Crippen LogP) is 4.17. The molecule has 1 unspecified atom stereocenters. The van der Waals surface area contributed by atoms with Crippen molar-refractivity contribution in [3.8, 4) is 11.5 Å². The van der Waals surface area contributed by atoms with Crippen molar-refractivity contribution in [1.29, 1.82) is 0 Å². The van der Waals surface area contributed by atoms with Crippen molar-refractivity contribution in [2.75, 3.05) is 20.8 Å². The summed E-state index contributed by atoms with van der Waals surface area (Å²) in [4.78, 5) is 0. The molecule has 0 amide bonds. The fourth-order valence-corrected chi connectivity index (χ4v) is 2.79. The molecule has 0 aliphatic rings. The van der Waals surface area contributed by atoms with Crippen molar-refractivity contribution in [1.82, 2.24) is 5.32 Å². The van der Waals surface area contributed by atoms with Crippen LogP contribution in [0.3, 0.4) is 0 Å². The summed E-state index contributed by atoms with van der Waals surface area (Å²) in [6.45, 7) is 2.63. The van der Waals surface area contributed by atoms with Crippen LogP contribution in [-0.2, 0) is 0 Å². The number of nitrogens with one attached hydrogen (secondary N) is 1. The molecule has 112 valence electrons. The number of methoxy groups -OCH3 is 1. The van der Waals surface area contributed by atoms with Crippen LogP contribution in [-0.4, -0.2) is 20.8 Å². The Morgan fingerprint density at radius 3 is 2.52 bits per heavy atom. The SMILES string of the molecule is CCOc1ccc(Br)cc1C(NC)c1ccccc1OC. The Morgan fingerprint density at radius 1 is 1.10 bits per heavy atom. The minimum absolute atomic E-state index is 0.000185. The maximum atomic E-state index is 5.77. The van der Waals surface area contributed by atoms with E-state index in [4.69, 9.17) is 9.47 Å². The van der Waals surface area contributed by atoms with Crippen LogP contribution in [0, 0.1) is 0 Å². The highest BCUT2D eigenvalue weighted by atomic mass is 79.9. The van der Waals surface area contributed by atoms with Gasteiger partial charge in [0.15, 0.2) is 0 Å². The van der Waals surface area contributed by atoms with Crippen molar-refractivity contribution >= 4 is 15.9 Å². The van der Waals surface area contributed by atoms with E-state index in [2.05, 4.69) is 33.4 Å².